The monoisotopic (exact) mass is 270 g/mol. The van der Waals surface area contributed by atoms with Gasteiger partial charge >= 0.3 is 0 Å². The van der Waals surface area contributed by atoms with Crippen molar-refractivity contribution in [1.82, 2.24) is 0 Å². The van der Waals surface area contributed by atoms with Crippen molar-refractivity contribution in [3.05, 3.63) is 52.7 Å². The molecule has 0 radical (unpaired) electrons. The molecule has 0 unspecified atom stereocenters. The van der Waals surface area contributed by atoms with Crippen molar-refractivity contribution < 1.29 is 19.7 Å². The number of hydrogen-bond donors (Lipinski definition) is 3. The Labute approximate surface area is 113 Å². The van der Waals surface area contributed by atoms with E-state index in [9.17, 15) is 20.1 Å². The first kappa shape index (κ1) is 12.1. The molecule has 1 aromatic heterocycles. The number of aromatic hydroxyl groups is 3. The molecule has 0 aliphatic heterocycles. The van der Waals surface area contributed by atoms with Gasteiger partial charge < -0.3 is 19.7 Å². The highest BCUT2D eigenvalue weighted by Crippen LogP contribution is 2.31. The van der Waals surface area contributed by atoms with E-state index in [1.807, 2.05) is 0 Å². The molecule has 0 bridgehead atoms. The van der Waals surface area contributed by atoms with Crippen molar-refractivity contribution in [2.45, 2.75) is 0 Å². The fraction of sp³-hybridized carbons (Fsp3) is 0. The van der Waals surface area contributed by atoms with Crippen LogP contribution in [0.2, 0.25) is 0 Å². The standard InChI is InChI=1S/C15H10O5/c16-9-3-1-8(2-4-9)13-14(18)11-6-5-10(17)7-12(11)20-15(13)19/h1-7,16-17,19H. The van der Waals surface area contributed by atoms with Gasteiger partial charge in [-0.3, -0.25) is 4.79 Å². The molecule has 5 nitrogen and oxygen atoms in total. The molecule has 100 valence electrons. The molecule has 1 heterocycles. The second-order valence-corrected chi connectivity index (χ2v) is 4.34. The molecule has 3 rings (SSSR count). The zero-order valence-electron chi connectivity index (χ0n) is 10.2. The second kappa shape index (κ2) is 4.31. The lowest BCUT2D eigenvalue weighted by atomic mass is 10.0. The van der Waals surface area contributed by atoms with E-state index in [1.165, 1.54) is 42.5 Å². The van der Waals surface area contributed by atoms with Crippen LogP contribution in [0.25, 0.3) is 22.1 Å². The van der Waals surface area contributed by atoms with Crippen molar-refractivity contribution in [2.24, 2.45) is 0 Å². The average molecular weight is 270 g/mol. The Balaban J connectivity index is 2.34. The van der Waals surface area contributed by atoms with Gasteiger partial charge in [0.05, 0.1) is 5.39 Å². The Hall–Kier alpha value is -2.95. The highest BCUT2D eigenvalue weighted by atomic mass is 16.5. The lowest BCUT2D eigenvalue weighted by Gasteiger charge is -2.06. The maximum Gasteiger partial charge on any atom is 0.294 e. The Morgan fingerprint density at radius 1 is 0.850 bits per heavy atom. The van der Waals surface area contributed by atoms with Gasteiger partial charge in [0.2, 0.25) is 5.43 Å². The third-order valence-corrected chi connectivity index (χ3v) is 3.01. The van der Waals surface area contributed by atoms with Crippen LogP contribution in [-0.4, -0.2) is 15.3 Å². The van der Waals surface area contributed by atoms with Gasteiger partial charge in [-0.2, -0.15) is 0 Å². The van der Waals surface area contributed by atoms with Gasteiger partial charge in [-0.1, -0.05) is 12.1 Å². The summed E-state index contributed by atoms with van der Waals surface area (Å²) in [5.74, 6) is -0.528. The minimum atomic E-state index is -0.529. The normalized spacial score (nSPS) is 10.8. The summed E-state index contributed by atoms with van der Waals surface area (Å²) in [6.45, 7) is 0. The summed E-state index contributed by atoms with van der Waals surface area (Å²) in [6.07, 6.45) is 0. The van der Waals surface area contributed by atoms with E-state index >= 15 is 0 Å². The maximum absolute atomic E-state index is 12.4. The molecular formula is C15H10O5. The van der Waals surface area contributed by atoms with Crippen LogP contribution in [0.15, 0.2) is 51.7 Å². The van der Waals surface area contributed by atoms with E-state index in [-0.39, 0.29) is 28.0 Å². The van der Waals surface area contributed by atoms with Gasteiger partial charge in [-0.05, 0) is 29.8 Å². The molecule has 0 aliphatic rings. The zero-order valence-corrected chi connectivity index (χ0v) is 10.2. The fourth-order valence-electron chi connectivity index (χ4n) is 2.05. The molecule has 5 heteroatoms. The van der Waals surface area contributed by atoms with Crippen LogP contribution in [0, 0.1) is 0 Å². The van der Waals surface area contributed by atoms with Crippen LogP contribution in [0.4, 0.5) is 0 Å². The van der Waals surface area contributed by atoms with Crippen molar-refractivity contribution in [1.29, 1.82) is 0 Å². The predicted octanol–water partition coefficient (Wildman–Crippen LogP) is 2.58. The van der Waals surface area contributed by atoms with E-state index in [0.717, 1.165) is 0 Å². The summed E-state index contributed by atoms with van der Waals surface area (Å²) in [5, 5.41) is 28.8. The quantitative estimate of drug-likeness (QED) is 0.632. The minimum Gasteiger partial charge on any atom is -0.508 e. The molecule has 2 aromatic carbocycles. The highest BCUT2D eigenvalue weighted by Gasteiger charge is 2.16. The molecule has 3 aromatic rings. The predicted molar refractivity (Wildman–Crippen MR) is 72.9 cm³/mol. The summed E-state index contributed by atoms with van der Waals surface area (Å²) in [4.78, 5) is 12.4. The Kier molecular flexibility index (Phi) is 2.61. The molecule has 0 atom stereocenters. The van der Waals surface area contributed by atoms with Crippen molar-refractivity contribution in [3.8, 4) is 28.6 Å². The van der Waals surface area contributed by atoms with Crippen LogP contribution in [0.3, 0.4) is 0 Å². The SMILES string of the molecule is O=c1c(-c2ccc(O)cc2)c(O)oc2cc(O)ccc12. The molecule has 0 fully saturated rings. The Morgan fingerprint density at radius 3 is 2.20 bits per heavy atom. The topological polar surface area (TPSA) is 90.9 Å². The van der Waals surface area contributed by atoms with E-state index in [1.54, 1.807) is 0 Å². The number of rotatable bonds is 1. The molecular weight excluding hydrogens is 260 g/mol. The van der Waals surface area contributed by atoms with Crippen LogP contribution < -0.4 is 5.43 Å². The summed E-state index contributed by atoms with van der Waals surface area (Å²) in [7, 11) is 0. The smallest absolute Gasteiger partial charge is 0.294 e. The largest absolute Gasteiger partial charge is 0.508 e. The molecule has 0 saturated heterocycles. The summed E-state index contributed by atoms with van der Waals surface area (Å²) >= 11 is 0. The Bertz CT molecular complexity index is 847. The van der Waals surface area contributed by atoms with Crippen molar-refractivity contribution >= 4 is 11.0 Å². The first-order valence-electron chi connectivity index (χ1n) is 5.84. The molecule has 20 heavy (non-hydrogen) atoms. The summed E-state index contributed by atoms with van der Waals surface area (Å²) < 4.78 is 5.17. The molecule has 0 saturated carbocycles. The van der Waals surface area contributed by atoms with Crippen LogP contribution >= 0.6 is 0 Å². The number of hydrogen-bond acceptors (Lipinski definition) is 5. The maximum atomic E-state index is 12.4. The lowest BCUT2D eigenvalue weighted by Crippen LogP contribution is -2.05. The van der Waals surface area contributed by atoms with Crippen molar-refractivity contribution in [2.75, 3.05) is 0 Å². The lowest BCUT2D eigenvalue weighted by molar-refractivity contribution is 0.341. The number of fused-ring (bicyclic) bond motifs is 1. The van der Waals surface area contributed by atoms with Crippen LogP contribution in [-0.2, 0) is 0 Å². The highest BCUT2D eigenvalue weighted by molar-refractivity contribution is 5.84. The van der Waals surface area contributed by atoms with E-state index in [4.69, 9.17) is 4.42 Å². The average Bonchev–Trinajstić information content (AvgIpc) is 2.40. The second-order valence-electron chi connectivity index (χ2n) is 4.34. The molecule has 0 amide bonds. The van der Waals surface area contributed by atoms with Gasteiger partial charge in [0.25, 0.3) is 5.95 Å². The third-order valence-electron chi connectivity index (χ3n) is 3.01. The third kappa shape index (κ3) is 1.85. The van der Waals surface area contributed by atoms with E-state index < -0.39 is 11.4 Å². The fourth-order valence-corrected chi connectivity index (χ4v) is 2.05. The number of benzene rings is 2. The van der Waals surface area contributed by atoms with Gasteiger partial charge in [-0.15, -0.1) is 0 Å². The number of phenolic OH excluding ortho intramolecular Hbond substituents is 2. The number of phenols is 2. The minimum absolute atomic E-state index is 0.0168. The molecule has 0 spiro atoms. The summed E-state index contributed by atoms with van der Waals surface area (Å²) in [5.41, 5.74) is 0.150. The molecule has 0 aliphatic carbocycles. The Morgan fingerprint density at radius 2 is 1.50 bits per heavy atom. The van der Waals surface area contributed by atoms with Gasteiger partial charge in [0.1, 0.15) is 22.6 Å². The van der Waals surface area contributed by atoms with Crippen LogP contribution in [0.1, 0.15) is 0 Å². The van der Waals surface area contributed by atoms with Gasteiger partial charge in [0.15, 0.2) is 0 Å². The zero-order chi connectivity index (χ0) is 14.3. The van der Waals surface area contributed by atoms with Crippen LogP contribution in [0.5, 0.6) is 17.4 Å². The van der Waals surface area contributed by atoms with Gasteiger partial charge in [0, 0.05) is 6.07 Å². The molecule has 3 N–H and O–H groups in total. The van der Waals surface area contributed by atoms with Gasteiger partial charge in [-0.25, -0.2) is 0 Å². The first-order valence-corrected chi connectivity index (χ1v) is 5.84. The van der Waals surface area contributed by atoms with E-state index in [0.29, 0.717) is 5.56 Å². The van der Waals surface area contributed by atoms with Crippen molar-refractivity contribution in [3.63, 3.8) is 0 Å². The summed E-state index contributed by atoms with van der Waals surface area (Å²) in [6, 6.07) is 9.90. The first-order chi connectivity index (χ1) is 9.56. The van der Waals surface area contributed by atoms with E-state index in [2.05, 4.69) is 0 Å².